The lowest BCUT2D eigenvalue weighted by Crippen LogP contribution is -2.52. The molecule has 1 saturated heterocycles. The first-order chi connectivity index (χ1) is 8.55. The van der Waals surface area contributed by atoms with Crippen molar-refractivity contribution in [3.8, 4) is 6.07 Å². The molecule has 0 aromatic carbocycles. The Morgan fingerprint density at radius 2 is 1.72 bits per heavy atom. The van der Waals surface area contributed by atoms with Gasteiger partial charge in [0.25, 0.3) is 0 Å². The highest BCUT2D eigenvalue weighted by molar-refractivity contribution is 7.89. The minimum atomic E-state index is -3.41. The summed E-state index contributed by atoms with van der Waals surface area (Å²) < 4.78 is 25.5. The van der Waals surface area contributed by atoms with Gasteiger partial charge in [-0.15, -0.1) is 0 Å². The van der Waals surface area contributed by atoms with Crippen molar-refractivity contribution in [2.24, 2.45) is 0 Å². The van der Waals surface area contributed by atoms with Crippen LogP contribution in [-0.2, 0) is 10.0 Å². The van der Waals surface area contributed by atoms with Crippen LogP contribution >= 0.6 is 0 Å². The maximum atomic E-state index is 12.0. The number of rotatable bonds is 3. The number of nitriles is 1. The van der Waals surface area contributed by atoms with Crippen LogP contribution in [0.25, 0.3) is 0 Å². The first kappa shape index (κ1) is 13.8. The zero-order valence-electron chi connectivity index (χ0n) is 10.9. The normalized spacial score (nSPS) is 26.0. The molecule has 102 valence electrons. The number of hydrogen-bond acceptors (Lipinski definition) is 4. The van der Waals surface area contributed by atoms with Gasteiger partial charge in [-0.05, 0) is 19.8 Å². The summed E-state index contributed by atoms with van der Waals surface area (Å²) in [6.07, 6.45) is 5.10. The van der Waals surface area contributed by atoms with Gasteiger partial charge in [0.2, 0.25) is 10.0 Å². The lowest BCUT2D eigenvalue weighted by Gasteiger charge is -2.37. The molecule has 6 heteroatoms. The van der Waals surface area contributed by atoms with Crippen LogP contribution in [0.2, 0.25) is 0 Å². The third-order valence-corrected chi connectivity index (χ3v) is 6.19. The first-order valence-electron chi connectivity index (χ1n) is 6.68. The molecule has 0 spiro atoms. The predicted octanol–water partition coefficient (Wildman–Crippen LogP) is 0.788. The Kier molecular flexibility index (Phi) is 4.25. The summed E-state index contributed by atoms with van der Waals surface area (Å²) in [5.74, 6) is 0. The molecule has 1 saturated carbocycles. The van der Waals surface area contributed by atoms with E-state index in [1.165, 1.54) is 36.9 Å². The molecule has 2 aliphatic rings. The number of sulfonamides is 1. The third-order valence-electron chi connectivity index (χ3n) is 4.10. The van der Waals surface area contributed by atoms with E-state index >= 15 is 0 Å². The molecule has 2 rings (SSSR count). The third kappa shape index (κ3) is 2.68. The van der Waals surface area contributed by atoms with Crippen molar-refractivity contribution < 1.29 is 8.42 Å². The summed E-state index contributed by atoms with van der Waals surface area (Å²) in [5, 5.41) is 7.82. The summed E-state index contributed by atoms with van der Waals surface area (Å²) >= 11 is 0. The van der Waals surface area contributed by atoms with Gasteiger partial charge in [-0.3, -0.25) is 4.90 Å². The van der Waals surface area contributed by atoms with E-state index in [2.05, 4.69) is 4.90 Å². The van der Waals surface area contributed by atoms with Gasteiger partial charge in [0, 0.05) is 32.2 Å². The second kappa shape index (κ2) is 5.55. The predicted molar refractivity (Wildman–Crippen MR) is 69.4 cm³/mol. The van der Waals surface area contributed by atoms with Gasteiger partial charge in [0.1, 0.15) is 0 Å². The average molecular weight is 271 g/mol. The standard InChI is InChI=1S/C12H21N3O2S/c1-11(10-13)18(16,17)15-8-6-14(7-9-15)12-4-2-3-5-12/h11-12H,2-9H2,1H3. The molecule has 1 aliphatic carbocycles. The van der Waals surface area contributed by atoms with Gasteiger partial charge in [-0.2, -0.15) is 9.57 Å². The minimum Gasteiger partial charge on any atom is -0.298 e. The zero-order chi connectivity index (χ0) is 13.2. The van der Waals surface area contributed by atoms with E-state index in [0.29, 0.717) is 19.1 Å². The molecule has 0 aromatic rings. The molecule has 1 unspecified atom stereocenters. The average Bonchev–Trinajstić information content (AvgIpc) is 2.91. The Hall–Kier alpha value is -0.640. The molecule has 2 fully saturated rings. The van der Waals surface area contributed by atoms with Crippen molar-refractivity contribution in [2.75, 3.05) is 26.2 Å². The van der Waals surface area contributed by atoms with Crippen molar-refractivity contribution in [1.82, 2.24) is 9.21 Å². The lowest BCUT2D eigenvalue weighted by atomic mass is 10.2. The molecule has 1 heterocycles. The van der Waals surface area contributed by atoms with Gasteiger partial charge in [-0.1, -0.05) is 12.8 Å². The molecule has 0 bridgehead atoms. The Morgan fingerprint density at radius 3 is 2.22 bits per heavy atom. The van der Waals surface area contributed by atoms with Crippen LogP contribution in [-0.4, -0.2) is 55.1 Å². The molecule has 18 heavy (non-hydrogen) atoms. The summed E-state index contributed by atoms with van der Waals surface area (Å²) in [7, 11) is -3.41. The van der Waals surface area contributed by atoms with Gasteiger partial charge in [-0.25, -0.2) is 8.42 Å². The van der Waals surface area contributed by atoms with Crippen molar-refractivity contribution in [1.29, 1.82) is 5.26 Å². The van der Waals surface area contributed by atoms with Gasteiger partial charge < -0.3 is 0 Å². The first-order valence-corrected chi connectivity index (χ1v) is 8.18. The maximum Gasteiger partial charge on any atom is 0.230 e. The highest BCUT2D eigenvalue weighted by Crippen LogP contribution is 2.25. The molecule has 0 N–H and O–H groups in total. The summed E-state index contributed by atoms with van der Waals surface area (Å²) in [5.41, 5.74) is 0. The molecule has 0 aromatic heterocycles. The van der Waals surface area contributed by atoms with Crippen molar-refractivity contribution in [3.05, 3.63) is 0 Å². The van der Waals surface area contributed by atoms with E-state index in [1.807, 2.05) is 6.07 Å². The maximum absolute atomic E-state index is 12.0. The van der Waals surface area contributed by atoms with Crippen LogP contribution < -0.4 is 0 Å². The quantitative estimate of drug-likeness (QED) is 0.761. The fraction of sp³-hybridized carbons (Fsp3) is 0.917. The van der Waals surface area contributed by atoms with E-state index in [-0.39, 0.29) is 0 Å². The van der Waals surface area contributed by atoms with Gasteiger partial charge in [0.05, 0.1) is 6.07 Å². The molecule has 0 amide bonds. The lowest BCUT2D eigenvalue weighted by molar-refractivity contribution is 0.138. The number of piperazine rings is 1. The van der Waals surface area contributed by atoms with E-state index < -0.39 is 15.3 Å². The summed E-state index contributed by atoms with van der Waals surface area (Å²) in [6, 6.07) is 2.48. The monoisotopic (exact) mass is 271 g/mol. The zero-order valence-corrected chi connectivity index (χ0v) is 11.7. The highest BCUT2D eigenvalue weighted by atomic mass is 32.2. The van der Waals surface area contributed by atoms with Gasteiger partial charge in [0.15, 0.2) is 5.25 Å². The van der Waals surface area contributed by atoms with Crippen LogP contribution in [0.5, 0.6) is 0 Å². The Balaban J connectivity index is 1.92. The fourth-order valence-corrected chi connectivity index (χ4v) is 4.14. The molecule has 1 atom stereocenters. The minimum absolute atomic E-state index is 0.533. The van der Waals surface area contributed by atoms with E-state index in [1.54, 1.807) is 0 Å². The van der Waals surface area contributed by atoms with Crippen molar-refractivity contribution in [3.63, 3.8) is 0 Å². The second-order valence-corrected chi connectivity index (χ2v) is 7.44. The van der Waals surface area contributed by atoms with Crippen LogP contribution in [0.4, 0.5) is 0 Å². The molecule has 1 aliphatic heterocycles. The van der Waals surface area contributed by atoms with E-state index in [4.69, 9.17) is 5.26 Å². The number of nitrogens with zero attached hydrogens (tertiary/aromatic N) is 3. The Bertz CT molecular complexity index is 415. The van der Waals surface area contributed by atoms with Crippen molar-refractivity contribution >= 4 is 10.0 Å². The number of hydrogen-bond donors (Lipinski definition) is 0. The Morgan fingerprint density at radius 1 is 1.17 bits per heavy atom. The van der Waals surface area contributed by atoms with Crippen LogP contribution in [0, 0.1) is 11.3 Å². The largest absolute Gasteiger partial charge is 0.298 e. The SMILES string of the molecule is CC(C#N)S(=O)(=O)N1CCN(C2CCCC2)CC1. The van der Waals surface area contributed by atoms with Crippen molar-refractivity contribution in [2.45, 2.75) is 43.9 Å². The summed E-state index contributed by atoms with van der Waals surface area (Å²) in [4.78, 5) is 2.41. The fourth-order valence-electron chi connectivity index (χ4n) is 2.88. The topological polar surface area (TPSA) is 64.4 Å². The van der Waals surface area contributed by atoms with Crippen LogP contribution in [0.1, 0.15) is 32.6 Å². The Labute approximate surface area is 109 Å². The van der Waals surface area contributed by atoms with E-state index in [0.717, 1.165) is 13.1 Å². The smallest absolute Gasteiger partial charge is 0.230 e. The molecular weight excluding hydrogens is 250 g/mol. The molecule has 0 radical (unpaired) electrons. The van der Waals surface area contributed by atoms with E-state index in [9.17, 15) is 8.42 Å². The molecule has 5 nitrogen and oxygen atoms in total. The second-order valence-electron chi connectivity index (χ2n) is 5.19. The molecular formula is C12H21N3O2S. The van der Waals surface area contributed by atoms with Gasteiger partial charge >= 0.3 is 0 Å². The van der Waals surface area contributed by atoms with Crippen LogP contribution in [0.15, 0.2) is 0 Å². The summed E-state index contributed by atoms with van der Waals surface area (Å²) in [6.45, 7) is 4.14. The highest BCUT2D eigenvalue weighted by Gasteiger charge is 2.33. The van der Waals surface area contributed by atoms with Crippen LogP contribution in [0.3, 0.4) is 0 Å².